The first-order valence-corrected chi connectivity index (χ1v) is 7.14. The van der Waals surface area contributed by atoms with Crippen LogP contribution in [0.15, 0.2) is 30.5 Å². The zero-order chi connectivity index (χ0) is 15.5. The van der Waals surface area contributed by atoms with Gasteiger partial charge in [-0.25, -0.2) is 4.68 Å². The van der Waals surface area contributed by atoms with E-state index in [2.05, 4.69) is 31.2 Å². The van der Waals surface area contributed by atoms with Gasteiger partial charge in [0.05, 0.1) is 30.4 Å². The first kappa shape index (κ1) is 15.4. The zero-order valence-corrected chi connectivity index (χ0v) is 13.2. The first-order valence-electron chi connectivity index (χ1n) is 7.14. The molecule has 0 radical (unpaired) electrons. The number of nitrogens with zero attached hydrogens (tertiary/aromatic N) is 2. The van der Waals surface area contributed by atoms with Crippen molar-refractivity contribution in [1.82, 2.24) is 9.78 Å². The van der Waals surface area contributed by atoms with Crippen molar-refractivity contribution < 1.29 is 4.74 Å². The second-order valence-electron chi connectivity index (χ2n) is 5.99. The number of rotatable bonds is 5. The largest absolute Gasteiger partial charge is 0.497 e. The second-order valence-corrected chi connectivity index (χ2v) is 5.99. The number of hydrogen-bond acceptors (Lipinski definition) is 4. The van der Waals surface area contributed by atoms with E-state index in [1.54, 1.807) is 7.11 Å². The molecule has 5 nitrogen and oxygen atoms in total. The predicted octanol–water partition coefficient (Wildman–Crippen LogP) is 2.55. The quantitative estimate of drug-likeness (QED) is 0.887. The maximum Gasteiger partial charge on any atom is 0.121 e. The number of benzene rings is 1. The summed E-state index contributed by atoms with van der Waals surface area (Å²) in [6.07, 6.45) is 1.86. The van der Waals surface area contributed by atoms with E-state index in [-0.39, 0.29) is 5.41 Å². The lowest BCUT2D eigenvalue weighted by molar-refractivity contribution is 0.414. The third-order valence-electron chi connectivity index (χ3n) is 3.24. The number of anilines is 1. The van der Waals surface area contributed by atoms with Crippen molar-refractivity contribution in [3.63, 3.8) is 0 Å². The monoisotopic (exact) mass is 288 g/mol. The van der Waals surface area contributed by atoms with Gasteiger partial charge >= 0.3 is 0 Å². The number of ether oxygens (including phenoxy) is 1. The van der Waals surface area contributed by atoms with E-state index in [9.17, 15) is 0 Å². The highest BCUT2D eigenvalue weighted by Gasteiger charge is 2.24. The van der Waals surface area contributed by atoms with Crippen molar-refractivity contribution in [1.29, 1.82) is 0 Å². The van der Waals surface area contributed by atoms with Crippen LogP contribution in [0.1, 0.15) is 26.5 Å². The molecule has 114 valence electrons. The van der Waals surface area contributed by atoms with Gasteiger partial charge in [-0.2, -0.15) is 5.10 Å². The fraction of sp³-hybridized carbons (Fsp3) is 0.438. The third kappa shape index (κ3) is 3.36. The molecular weight excluding hydrogens is 264 g/mol. The molecule has 0 aliphatic rings. The van der Waals surface area contributed by atoms with E-state index >= 15 is 0 Å². The third-order valence-corrected chi connectivity index (χ3v) is 3.24. The van der Waals surface area contributed by atoms with Gasteiger partial charge in [0.2, 0.25) is 0 Å². The van der Waals surface area contributed by atoms with E-state index in [0.717, 1.165) is 29.4 Å². The molecule has 1 aromatic carbocycles. The molecule has 0 bridgehead atoms. The summed E-state index contributed by atoms with van der Waals surface area (Å²) in [6.45, 7) is 7.84. The van der Waals surface area contributed by atoms with Crippen LogP contribution in [0.2, 0.25) is 0 Å². The van der Waals surface area contributed by atoms with Crippen LogP contribution >= 0.6 is 0 Å². The van der Waals surface area contributed by atoms with E-state index in [0.29, 0.717) is 6.54 Å². The Hall–Kier alpha value is -2.01. The molecule has 0 spiro atoms. The van der Waals surface area contributed by atoms with Crippen molar-refractivity contribution in [2.75, 3.05) is 25.5 Å². The number of aromatic nitrogens is 2. The van der Waals surface area contributed by atoms with Crippen LogP contribution in [0, 0.1) is 0 Å². The predicted molar refractivity (Wildman–Crippen MR) is 86.4 cm³/mol. The molecule has 0 aliphatic heterocycles. The number of nitrogens with two attached hydrogens (primary N) is 1. The maximum absolute atomic E-state index is 5.59. The van der Waals surface area contributed by atoms with Gasteiger partial charge in [-0.05, 0) is 12.1 Å². The molecule has 0 atom stereocenters. The Bertz CT molecular complexity index is 599. The average Bonchev–Trinajstić information content (AvgIpc) is 2.89. The van der Waals surface area contributed by atoms with Crippen LogP contribution < -0.4 is 15.8 Å². The number of hydrogen-bond donors (Lipinski definition) is 2. The van der Waals surface area contributed by atoms with Crippen molar-refractivity contribution >= 4 is 5.69 Å². The molecule has 0 fully saturated rings. The minimum absolute atomic E-state index is 0.0451. The Kier molecular flexibility index (Phi) is 4.53. The van der Waals surface area contributed by atoms with Gasteiger partial charge in [-0.15, -0.1) is 0 Å². The summed E-state index contributed by atoms with van der Waals surface area (Å²) in [6, 6.07) is 7.90. The normalized spacial score (nSPS) is 11.5. The molecule has 0 aliphatic carbocycles. The fourth-order valence-corrected chi connectivity index (χ4v) is 2.34. The van der Waals surface area contributed by atoms with Gasteiger partial charge in [0.15, 0.2) is 0 Å². The molecule has 2 rings (SSSR count). The molecular formula is C16H24N4O. The molecule has 0 unspecified atom stereocenters. The van der Waals surface area contributed by atoms with Gasteiger partial charge in [0, 0.05) is 24.6 Å². The Morgan fingerprint density at radius 2 is 2.10 bits per heavy atom. The molecule has 3 N–H and O–H groups in total. The molecule has 0 saturated carbocycles. The standard InChI is InChI=1S/C16H24N4O/c1-16(2,3)15-14(18-9-8-17)11-19-20(15)12-6-5-7-13(10-12)21-4/h5-7,10-11,18H,8-9,17H2,1-4H3. The molecule has 21 heavy (non-hydrogen) atoms. The molecule has 2 aromatic rings. The summed E-state index contributed by atoms with van der Waals surface area (Å²) < 4.78 is 7.26. The van der Waals surface area contributed by atoms with E-state index in [1.165, 1.54) is 0 Å². The zero-order valence-electron chi connectivity index (χ0n) is 13.2. The van der Waals surface area contributed by atoms with Crippen molar-refractivity contribution in [2.24, 2.45) is 5.73 Å². The van der Waals surface area contributed by atoms with Gasteiger partial charge in [-0.1, -0.05) is 26.8 Å². The minimum Gasteiger partial charge on any atom is -0.497 e. The van der Waals surface area contributed by atoms with Crippen LogP contribution in [0.4, 0.5) is 5.69 Å². The summed E-state index contributed by atoms with van der Waals surface area (Å²) >= 11 is 0. The average molecular weight is 288 g/mol. The van der Waals surface area contributed by atoms with E-state index in [4.69, 9.17) is 10.5 Å². The van der Waals surface area contributed by atoms with Gasteiger partial charge in [0.1, 0.15) is 5.75 Å². The fourth-order valence-electron chi connectivity index (χ4n) is 2.34. The Morgan fingerprint density at radius 3 is 2.71 bits per heavy atom. The highest BCUT2D eigenvalue weighted by molar-refractivity contribution is 5.53. The SMILES string of the molecule is COc1cccc(-n2ncc(NCCN)c2C(C)(C)C)c1. The van der Waals surface area contributed by atoms with Crippen LogP contribution in [-0.2, 0) is 5.41 Å². The summed E-state index contributed by atoms with van der Waals surface area (Å²) in [5, 5.41) is 7.89. The van der Waals surface area contributed by atoms with Crippen molar-refractivity contribution in [3.05, 3.63) is 36.2 Å². The lowest BCUT2D eigenvalue weighted by Crippen LogP contribution is -2.21. The van der Waals surface area contributed by atoms with Crippen LogP contribution in [0.25, 0.3) is 5.69 Å². The molecule has 1 heterocycles. The van der Waals surface area contributed by atoms with Crippen molar-refractivity contribution in [3.8, 4) is 11.4 Å². The highest BCUT2D eigenvalue weighted by atomic mass is 16.5. The maximum atomic E-state index is 5.59. The summed E-state index contributed by atoms with van der Waals surface area (Å²) in [4.78, 5) is 0. The molecule has 0 amide bonds. The lowest BCUT2D eigenvalue weighted by atomic mass is 9.91. The van der Waals surface area contributed by atoms with Crippen LogP contribution in [0.5, 0.6) is 5.75 Å². The topological polar surface area (TPSA) is 65.1 Å². The minimum atomic E-state index is -0.0451. The Balaban J connectivity index is 2.50. The summed E-state index contributed by atoms with van der Waals surface area (Å²) in [5.41, 5.74) is 8.68. The highest BCUT2D eigenvalue weighted by Crippen LogP contribution is 2.32. The van der Waals surface area contributed by atoms with Crippen molar-refractivity contribution in [2.45, 2.75) is 26.2 Å². The van der Waals surface area contributed by atoms with Crippen LogP contribution in [-0.4, -0.2) is 30.0 Å². The first-order chi connectivity index (χ1) is 9.97. The Labute approximate surface area is 126 Å². The Morgan fingerprint density at radius 1 is 1.33 bits per heavy atom. The number of methoxy groups -OCH3 is 1. The van der Waals surface area contributed by atoms with Gasteiger partial charge in [0.25, 0.3) is 0 Å². The second kappa shape index (κ2) is 6.18. The summed E-state index contributed by atoms with van der Waals surface area (Å²) in [7, 11) is 1.67. The van der Waals surface area contributed by atoms with E-state index < -0.39 is 0 Å². The number of nitrogens with one attached hydrogen (secondary N) is 1. The lowest BCUT2D eigenvalue weighted by Gasteiger charge is -2.23. The molecule has 1 aromatic heterocycles. The van der Waals surface area contributed by atoms with Gasteiger partial charge < -0.3 is 15.8 Å². The molecule has 5 heteroatoms. The van der Waals surface area contributed by atoms with E-state index in [1.807, 2.05) is 35.1 Å². The molecule has 0 saturated heterocycles. The van der Waals surface area contributed by atoms with Gasteiger partial charge in [-0.3, -0.25) is 0 Å². The summed E-state index contributed by atoms with van der Waals surface area (Å²) in [5.74, 6) is 0.819. The van der Waals surface area contributed by atoms with Crippen LogP contribution in [0.3, 0.4) is 0 Å². The smallest absolute Gasteiger partial charge is 0.121 e.